The normalized spacial score (nSPS) is 12.1. The fourth-order valence-corrected chi connectivity index (χ4v) is 1.42. The van der Waals surface area contributed by atoms with Crippen LogP contribution in [-0.4, -0.2) is 40.2 Å². The first kappa shape index (κ1) is 16.9. The van der Waals surface area contributed by atoms with Crippen molar-refractivity contribution in [2.75, 3.05) is 6.61 Å². The number of carbonyl (C=O) groups excluding carboxylic acids is 1. The molecule has 0 rings (SSSR count). The highest BCUT2D eigenvalue weighted by atomic mass is 16.6. The molecule has 3 N–H and O–H groups in total. The molecular weight excluding hydrogens is 240 g/mol. The first-order valence-corrected chi connectivity index (χ1v) is 6.26. The average molecular weight is 262 g/mol. The predicted molar refractivity (Wildman–Crippen MR) is 63.8 cm³/mol. The Morgan fingerprint density at radius 3 is 2.28 bits per heavy atom. The van der Waals surface area contributed by atoms with Crippen LogP contribution in [0.1, 0.15) is 51.4 Å². The molecule has 106 valence electrons. The van der Waals surface area contributed by atoms with Gasteiger partial charge in [-0.2, -0.15) is 0 Å². The van der Waals surface area contributed by atoms with E-state index in [1.165, 1.54) is 0 Å². The minimum absolute atomic E-state index is 0.0387. The van der Waals surface area contributed by atoms with Crippen molar-refractivity contribution in [1.82, 2.24) is 0 Å². The standard InChI is InChI=1S/C12H22O6/c13-9-5-1-2-7-11(16)18-12(17)8-4-3-6-10(14)15/h11,13,16H,1-9H2,(H,14,15). The van der Waals surface area contributed by atoms with Crippen molar-refractivity contribution in [3.63, 3.8) is 0 Å². The van der Waals surface area contributed by atoms with Gasteiger partial charge in [-0.15, -0.1) is 0 Å². The summed E-state index contributed by atoms with van der Waals surface area (Å²) in [5, 5.41) is 26.3. The second-order valence-corrected chi connectivity index (χ2v) is 4.12. The number of hydrogen-bond donors (Lipinski definition) is 3. The zero-order valence-electron chi connectivity index (χ0n) is 10.5. The maximum absolute atomic E-state index is 11.2. The Hall–Kier alpha value is -1.14. The minimum atomic E-state index is -1.10. The Kier molecular flexibility index (Phi) is 10.3. The number of carboxylic acids is 1. The Labute approximate surface area is 107 Å². The summed E-state index contributed by atoms with van der Waals surface area (Å²) in [6, 6.07) is 0. The lowest BCUT2D eigenvalue weighted by Gasteiger charge is -2.11. The fourth-order valence-electron chi connectivity index (χ4n) is 1.42. The Balaban J connectivity index is 3.46. The molecule has 0 aliphatic heterocycles. The molecule has 0 aromatic rings. The molecule has 0 fully saturated rings. The summed E-state index contributed by atoms with van der Waals surface area (Å²) in [7, 11) is 0. The van der Waals surface area contributed by atoms with Gasteiger partial charge in [-0.3, -0.25) is 9.59 Å². The fraction of sp³-hybridized carbons (Fsp3) is 0.833. The second kappa shape index (κ2) is 11.0. The van der Waals surface area contributed by atoms with Gasteiger partial charge in [0.15, 0.2) is 0 Å². The van der Waals surface area contributed by atoms with E-state index >= 15 is 0 Å². The number of aliphatic carboxylic acids is 1. The second-order valence-electron chi connectivity index (χ2n) is 4.12. The highest BCUT2D eigenvalue weighted by Gasteiger charge is 2.10. The lowest BCUT2D eigenvalue weighted by atomic mass is 10.2. The maximum atomic E-state index is 11.2. The van der Waals surface area contributed by atoms with Crippen LogP contribution in [0.4, 0.5) is 0 Å². The molecule has 0 amide bonds. The SMILES string of the molecule is O=C(O)CCCCC(=O)OC(O)CCCCCO. The van der Waals surface area contributed by atoms with Crippen LogP contribution >= 0.6 is 0 Å². The molecule has 6 nitrogen and oxygen atoms in total. The quantitative estimate of drug-likeness (QED) is 0.292. The van der Waals surface area contributed by atoms with E-state index in [0.29, 0.717) is 32.1 Å². The zero-order chi connectivity index (χ0) is 13.8. The Morgan fingerprint density at radius 2 is 1.67 bits per heavy atom. The molecule has 0 bridgehead atoms. The van der Waals surface area contributed by atoms with Crippen molar-refractivity contribution >= 4 is 11.9 Å². The zero-order valence-corrected chi connectivity index (χ0v) is 10.5. The lowest BCUT2D eigenvalue weighted by molar-refractivity contribution is -0.169. The molecule has 0 spiro atoms. The first-order valence-electron chi connectivity index (χ1n) is 6.26. The van der Waals surface area contributed by atoms with E-state index < -0.39 is 18.2 Å². The van der Waals surface area contributed by atoms with Gasteiger partial charge in [0.1, 0.15) is 0 Å². The van der Waals surface area contributed by atoms with Gasteiger partial charge in [-0.05, 0) is 25.7 Å². The summed E-state index contributed by atoms with van der Waals surface area (Å²) in [4.78, 5) is 21.4. The molecular formula is C12H22O6. The monoisotopic (exact) mass is 262 g/mol. The third-order valence-electron chi connectivity index (χ3n) is 2.40. The minimum Gasteiger partial charge on any atom is -0.481 e. The molecule has 0 saturated carbocycles. The van der Waals surface area contributed by atoms with Crippen molar-refractivity contribution < 1.29 is 29.6 Å². The van der Waals surface area contributed by atoms with Crippen molar-refractivity contribution in [3.8, 4) is 0 Å². The number of hydrogen-bond acceptors (Lipinski definition) is 5. The van der Waals surface area contributed by atoms with Crippen LogP contribution in [0.15, 0.2) is 0 Å². The van der Waals surface area contributed by atoms with Crippen LogP contribution in [0.3, 0.4) is 0 Å². The van der Waals surface area contributed by atoms with Gasteiger partial charge >= 0.3 is 11.9 Å². The summed E-state index contributed by atoms with van der Waals surface area (Å²) in [5.41, 5.74) is 0. The summed E-state index contributed by atoms with van der Waals surface area (Å²) in [6.45, 7) is 0.124. The molecule has 0 heterocycles. The van der Waals surface area contributed by atoms with Crippen LogP contribution in [-0.2, 0) is 14.3 Å². The number of aliphatic hydroxyl groups excluding tert-OH is 2. The van der Waals surface area contributed by atoms with E-state index in [9.17, 15) is 14.7 Å². The molecule has 0 aromatic carbocycles. The number of carbonyl (C=O) groups is 2. The molecule has 6 heteroatoms. The lowest BCUT2D eigenvalue weighted by Crippen LogP contribution is -2.17. The molecule has 0 saturated heterocycles. The number of carboxylic acid groups (broad SMARTS) is 1. The number of rotatable bonds is 11. The van der Waals surface area contributed by atoms with Gasteiger partial charge < -0.3 is 20.1 Å². The summed E-state index contributed by atoms with van der Waals surface area (Å²) in [5.74, 6) is -1.39. The molecule has 1 unspecified atom stereocenters. The van der Waals surface area contributed by atoms with E-state index in [0.717, 1.165) is 6.42 Å². The largest absolute Gasteiger partial charge is 0.481 e. The Morgan fingerprint density at radius 1 is 1.00 bits per heavy atom. The van der Waals surface area contributed by atoms with Crippen LogP contribution in [0.2, 0.25) is 0 Å². The highest BCUT2D eigenvalue weighted by molar-refractivity contribution is 5.69. The van der Waals surface area contributed by atoms with Gasteiger partial charge in [0, 0.05) is 25.9 Å². The number of ether oxygens (including phenoxy) is 1. The maximum Gasteiger partial charge on any atom is 0.308 e. The van der Waals surface area contributed by atoms with Crippen molar-refractivity contribution in [2.24, 2.45) is 0 Å². The van der Waals surface area contributed by atoms with Gasteiger partial charge in [0.2, 0.25) is 6.29 Å². The van der Waals surface area contributed by atoms with Gasteiger partial charge in [0.25, 0.3) is 0 Å². The van der Waals surface area contributed by atoms with Gasteiger partial charge in [-0.1, -0.05) is 6.42 Å². The molecule has 0 aliphatic rings. The topological polar surface area (TPSA) is 104 Å². The smallest absolute Gasteiger partial charge is 0.308 e. The molecule has 0 radical (unpaired) electrons. The van der Waals surface area contributed by atoms with Gasteiger partial charge in [-0.25, -0.2) is 0 Å². The third kappa shape index (κ3) is 11.3. The first-order chi connectivity index (χ1) is 8.56. The Bertz CT molecular complexity index is 241. The average Bonchev–Trinajstić information content (AvgIpc) is 2.30. The number of esters is 1. The molecule has 18 heavy (non-hydrogen) atoms. The van der Waals surface area contributed by atoms with Crippen molar-refractivity contribution in [1.29, 1.82) is 0 Å². The van der Waals surface area contributed by atoms with E-state index in [2.05, 4.69) is 0 Å². The third-order valence-corrected chi connectivity index (χ3v) is 2.40. The molecule has 0 aliphatic carbocycles. The van der Waals surface area contributed by atoms with E-state index in [1.54, 1.807) is 0 Å². The van der Waals surface area contributed by atoms with Crippen LogP contribution in [0.25, 0.3) is 0 Å². The summed E-state index contributed by atoms with van der Waals surface area (Å²) >= 11 is 0. The van der Waals surface area contributed by atoms with Crippen molar-refractivity contribution in [3.05, 3.63) is 0 Å². The van der Waals surface area contributed by atoms with Crippen LogP contribution in [0.5, 0.6) is 0 Å². The van der Waals surface area contributed by atoms with E-state index in [4.69, 9.17) is 14.9 Å². The molecule has 0 aromatic heterocycles. The number of unbranched alkanes of at least 4 members (excludes halogenated alkanes) is 3. The van der Waals surface area contributed by atoms with Gasteiger partial charge in [0.05, 0.1) is 0 Å². The van der Waals surface area contributed by atoms with Crippen LogP contribution < -0.4 is 0 Å². The predicted octanol–water partition coefficient (Wildman–Crippen LogP) is 1.05. The molecule has 1 atom stereocenters. The highest BCUT2D eigenvalue weighted by Crippen LogP contribution is 2.07. The summed E-state index contributed by atoms with van der Waals surface area (Å²) < 4.78 is 4.74. The van der Waals surface area contributed by atoms with E-state index in [-0.39, 0.29) is 19.4 Å². The van der Waals surface area contributed by atoms with Crippen molar-refractivity contribution in [2.45, 2.75) is 57.7 Å². The van der Waals surface area contributed by atoms with Crippen LogP contribution in [0, 0.1) is 0 Å². The summed E-state index contributed by atoms with van der Waals surface area (Å²) in [6.07, 6.45) is 2.45. The number of aliphatic hydroxyl groups is 2. The van der Waals surface area contributed by atoms with E-state index in [1.807, 2.05) is 0 Å².